The molecule has 4 aromatic rings. The molecule has 0 fully saturated rings. The van der Waals surface area contributed by atoms with Crippen molar-refractivity contribution < 1.29 is 4.79 Å². The number of pyridine rings is 1. The van der Waals surface area contributed by atoms with Gasteiger partial charge in [-0.25, -0.2) is 4.98 Å². The Kier molecular flexibility index (Phi) is 4.44. The van der Waals surface area contributed by atoms with Crippen molar-refractivity contribution in [2.24, 2.45) is 0 Å². The standard InChI is InChI=1S/C22H17N5OS/c1-2-17(21(28)24-14-9-11-23-12-10-14)29-22-25-19-15-7-3-5-13-6-4-8-16(18(13)15)20(19)26-27-22/h3-12,17H,2H2,1H3,(H,23,24,28). The lowest BCUT2D eigenvalue weighted by atomic mass is 10.0. The van der Waals surface area contributed by atoms with E-state index in [0.29, 0.717) is 11.6 Å². The number of aromatic nitrogens is 4. The molecule has 142 valence electrons. The number of anilines is 1. The molecule has 0 saturated carbocycles. The van der Waals surface area contributed by atoms with Crippen LogP contribution in [-0.4, -0.2) is 31.3 Å². The fourth-order valence-electron chi connectivity index (χ4n) is 3.57. The highest BCUT2D eigenvalue weighted by molar-refractivity contribution is 8.00. The molecule has 0 saturated heterocycles. The first kappa shape index (κ1) is 17.8. The van der Waals surface area contributed by atoms with Crippen LogP contribution in [0.25, 0.3) is 33.3 Å². The van der Waals surface area contributed by atoms with Gasteiger partial charge in [-0.3, -0.25) is 9.78 Å². The molecule has 1 aliphatic carbocycles. The van der Waals surface area contributed by atoms with Gasteiger partial charge in [-0.05, 0) is 23.9 Å². The van der Waals surface area contributed by atoms with E-state index in [2.05, 4.69) is 44.8 Å². The van der Waals surface area contributed by atoms with Crippen LogP contribution in [0.2, 0.25) is 0 Å². The van der Waals surface area contributed by atoms with Gasteiger partial charge in [0.15, 0.2) is 0 Å². The van der Waals surface area contributed by atoms with Crippen LogP contribution < -0.4 is 5.32 Å². The maximum Gasteiger partial charge on any atom is 0.237 e. The molecule has 2 heterocycles. The van der Waals surface area contributed by atoms with Crippen molar-refractivity contribution >= 4 is 34.1 Å². The van der Waals surface area contributed by atoms with Crippen LogP contribution in [0.15, 0.2) is 66.1 Å². The van der Waals surface area contributed by atoms with Crippen LogP contribution in [0.1, 0.15) is 13.3 Å². The minimum absolute atomic E-state index is 0.0850. The highest BCUT2D eigenvalue weighted by Crippen LogP contribution is 2.45. The molecule has 1 N–H and O–H groups in total. The highest BCUT2D eigenvalue weighted by Gasteiger charge is 2.26. The minimum atomic E-state index is -0.317. The smallest absolute Gasteiger partial charge is 0.237 e. The summed E-state index contributed by atoms with van der Waals surface area (Å²) in [5.74, 6) is -0.0850. The van der Waals surface area contributed by atoms with Crippen molar-refractivity contribution in [1.29, 1.82) is 0 Å². The third kappa shape index (κ3) is 3.13. The molecule has 0 radical (unpaired) electrons. The number of nitrogens with one attached hydrogen (secondary N) is 1. The number of rotatable bonds is 5. The van der Waals surface area contributed by atoms with E-state index in [9.17, 15) is 4.79 Å². The molecular weight excluding hydrogens is 382 g/mol. The van der Waals surface area contributed by atoms with Crippen molar-refractivity contribution in [3.63, 3.8) is 0 Å². The van der Waals surface area contributed by atoms with E-state index in [1.165, 1.54) is 11.8 Å². The molecule has 0 spiro atoms. The first-order chi connectivity index (χ1) is 14.2. The Bertz CT molecular complexity index is 1220. The van der Waals surface area contributed by atoms with Gasteiger partial charge in [0.2, 0.25) is 11.1 Å². The van der Waals surface area contributed by atoms with Gasteiger partial charge >= 0.3 is 0 Å². The molecule has 1 atom stereocenters. The van der Waals surface area contributed by atoms with E-state index < -0.39 is 0 Å². The lowest BCUT2D eigenvalue weighted by Gasteiger charge is -2.13. The predicted molar refractivity (Wildman–Crippen MR) is 115 cm³/mol. The van der Waals surface area contributed by atoms with Crippen molar-refractivity contribution in [2.75, 3.05) is 5.32 Å². The van der Waals surface area contributed by atoms with Crippen molar-refractivity contribution in [1.82, 2.24) is 20.2 Å². The summed E-state index contributed by atoms with van der Waals surface area (Å²) in [6.07, 6.45) is 3.95. The van der Waals surface area contributed by atoms with Gasteiger partial charge in [-0.1, -0.05) is 55.1 Å². The lowest BCUT2D eigenvalue weighted by molar-refractivity contribution is -0.115. The fraction of sp³-hybridized carbons (Fsp3) is 0.136. The van der Waals surface area contributed by atoms with Crippen LogP contribution in [0.4, 0.5) is 5.69 Å². The van der Waals surface area contributed by atoms with Crippen molar-refractivity contribution in [3.05, 3.63) is 60.9 Å². The number of amides is 1. The Morgan fingerprint density at radius 3 is 2.45 bits per heavy atom. The zero-order chi connectivity index (χ0) is 19.8. The summed E-state index contributed by atoms with van der Waals surface area (Å²) in [4.78, 5) is 21.4. The number of carbonyl (C=O) groups is 1. The van der Waals surface area contributed by atoms with Crippen molar-refractivity contribution in [2.45, 2.75) is 23.8 Å². The number of nitrogens with zero attached hydrogens (tertiary/aromatic N) is 4. The van der Waals surface area contributed by atoms with Gasteiger partial charge in [0.05, 0.1) is 5.25 Å². The number of fused-ring (bicyclic) bond motifs is 3. The predicted octanol–water partition coefficient (Wildman–Crippen LogP) is 4.58. The van der Waals surface area contributed by atoms with Crippen LogP contribution >= 0.6 is 11.8 Å². The summed E-state index contributed by atoms with van der Waals surface area (Å²) in [6, 6.07) is 15.9. The Hall–Kier alpha value is -3.32. The number of benzene rings is 2. The van der Waals surface area contributed by atoms with Gasteiger partial charge in [-0.2, -0.15) is 0 Å². The van der Waals surface area contributed by atoms with Gasteiger partial charge in [0.25, 0.3) is 0 Å². The van der Waals surface area contributed by atoms with E-state index in [-0.39, 0.29) is 11.2 Å². The van der Waals surface area contributed by atoms with Crippen LogP contribution in [-0.2, 0) is 4.79 Å². The quantitative estimate of drug-likeness (QED) is 0.436. The second-order valence-electron chi connectivity index (χ2n) is 6.74. The summed E-state index contributed by atoms with van der Waals surface area (Å²) in [5, 5.41) is 14.2. The molecule has 1 unspecified atom stereocenters. The van der Waals surface area contributed by atoms with Crippen LogP contribution in [0, 0.1) is 0 Å². The van der Waals surface area contributed by atoms with E-state index in [1.807, 2.05) is 19.1 Å². The molecule has 7 heteroatoms. The first-order valence-corrected chi connectivity index (χ1v) is 10.3. The molecule has 5 rings (SSSR count). The summed E-state index contributed by atoms with van der Waals surface area (Å²) in [7, 11) is 0. The lowest BCUT2D eigenvalue weighted by Crippen LogP contribution is -2.24. The Labute approximate surface area is 171 Å². The fourth-order valence-corrected chi connectivity index (χ4v) is 4.39. The van der Waals surface area contributed by atoms with Crippen molar-refractivity contribution in [3.8, 4) is 22.5 Å². The second kappa shape index (κ2) is 7.25. The van der Waals surface area contributed by atoms with E-state index in [4.69, 9.17) is 4.98 Å². The molecule has 0 aliphatic heterocycles. The van der Waals surface area contributed by atoms with E-state index >= 15 is 0 Å². The number of thioether (sulfide) groups is 1. The van der Waals surface area contributed by atoms with Crippen LogP contribution in [0.3, 0.4) is 0 Å². The van der Waals surface area contributed by atoms with Crippen LogP contribution in [0.5, 0.6) is 0 Å². The Morgan fingerprint density at radius 2 is 1.72 bits per heavy atom. The topological polar surface area (TPSA) is 80.7 Å². The minimum Gasteiger partial charge on any atom is -0.325 e. The van der Waals surface area contributed by atoms with Gasteiger partial charge in [-0.15, -0.1) is 10.2 Å². The van der Waals surface area contributed by atoms with Gasteiger partial charge < -0.3 is 5.32 Å². The molecule has 2 aromatic carbocycles. The summed E-state index contributed by atoms with van der Waals surface area (Å²) in [5.41, 5.74) is 4.49. The molecule has 2 aromatic heterocycles. The normalized spacial score (nSPS) is 12.6. The average Bonchev–Trinajstić information content (AvgIpc) is 3.08. The zero-order valence-corrected chi connectivity index (χ0v) is 16.5. The average molecular weight is 399 g/mol. The Balaban J connectivity index is 1.44. The number of hydrogen-bond donors (Lipinski definition) is 1. The molecular formula is C22H17N5OS. The third-order valence-electron chi connectivity index (χ3n) is 4.94. The Morgan fingerprint density at radius 1 is 1.00 bits per heavy atom. The number of carbonyl (C=O) groups excluding carboxylic acids is 1. The summed E-state index contributed by atoms with van der Waals surface area (Å²) in [6.45, 7) is 1.97. The molecule has 6 nitrogen and oxygen atoms in total. The number of hydrogen-bond acceptors (Lipinski definition) is 6. The maximum atomic E-state index is 12.7. The molecule has 0 bridgehead atoms. The second-order valence-corrected chi connectivity index (χ2v) is 7.91. The van der Waals surface area contributed by atoms with E-state index in [0.717, 1.165) is 39.0 Å². The van der Waals surface area contributed by atoms with E-state index in [1.54, 1.807) is 24.5 Å². The third-order valence-corrected chi connectivity index (χ3v) is 6.16. The van der Waals surface area contributed by atoms with Gasteiger partial charge in [0, 0.05) is 34.6 Å². The maximum absolute atomic E-state index is 12.7. The SMILES string of the molecule is CCC(Sc1nnc2c(n1)-c1cccc3cccc-2c13)C(=O)Nc1ccncc1. The first-order valence-electron chi connectivity index (χ1n) is 9.39. The monoisotopic (exact) mass is 399 g/mol. The molecule has 1 amide bonds. The van der Waals surface area contributed by atoms with Gasteiger partial charge in [0.1, 0.15) is 11.4 Å². The highest BCUT2D eigenvalue weighted by atomic mass is 32.2. The largest absolute Gasteiger partial charge is 0.325 e. The molecule has 1 aliphatic rings. The summed E-state index contributed by atoms with van der Waals surface area (Å²) < 4.78 is 0. The zero-order valence-electron chi connectivity index (χ0n) is 15.7. The molecule has 29 heavy (non-hydrogen) atoms. The summed E-state index contributed by atoms with van der Waals surface area (Å²) >= 11 is 1.34.